The van der Waals surface area contributed by atoms with Crippen LogP contribution in [0.1, 0.15) is 35.6 Å². The number of benzene rings is 1. The van der Waals surface area contributed by atoms with Crippen LogP contribution < -0.4 is 5.32 Å². The SMILES string of the molecule is Cc1cccc([C@H](CCC(F)(F)F)N2CCNCC2)c1C.Cl. The summed E-state index contributed by atoms with van der Waals surface area (Å²) in [5, 5.41) is 3.26. The molecule has 1 saturated heterocycles. The van der Waals surface area contributed by atoms with Gasteiger partial charge >= 0.3 is 6.18 Å². The molecule has 0 aliphatic carbocycles. The number of nitrogens with zero attached hydrogens (tertiary/aromatic N) is 1. The molecule has 0 amide bonds. The monoisotopic (exact) mass is 336 g/mol. The Hall–Kier alpha value is -0.780. The minimum Gasteiger partial charge on any atom is -0.314 e. The maximum absolute atomic E-state index is 12.6. The van der Waals surface area contributed by atoms with Gasteiger partial charge in [0, 0.05) is 38.6 Å². The first-order valence-electron chi connectivity index (χ1n) is 7.46. The quantitative estimate of drug-likeness (QED) is 0.893. The third-order valence-electron chi connectivity index (χ3n) is 4.30. The Balaban J connectivity index is 0.00000242. The first-order valence-corrected chi connectivity index (χ1v) is 7.46. The van der Waals surface area contributed by atoms with Crippen LogP contribution in [0.3, 0.4) is 0 Å². The maximum Gasteiger partial charge on any atom is 0.389 e. The Morgan fingerprint density at radius 1 is 1.18 bits per heavy atom. The molecule has 1 aliphatic heterocycles. The molecule has 1 heterocycles. The van der Waals surface area contributed by atoms with Gasteiger partial charge in [0.05, 0.1) is 0 Å². The van der Waals surface area contributed by atoms with Crippen LogP contribution in [0.15, 0.2) is 18.2 Å². The minimum absolute atomic E-state index is 0. The Labute approximate surface area is 136 Å². The summed E-state index contributed by atoms with van der Waals surface area (Å²) in [6.07, 6.45) is -4.69. The van der Waals surface area contributed by atoms with Gasteiger partial charge in [-0.25, -0.2) is 0 Å². The highest BCUT2D eigenvalue weighted by atomic mass is 35.5. The van der Waals surface area contributed by atoms with E-state index >= 15 is 0 Å². The van der Waals surface area contributed by atoms with E-state index in [1.54, 1.807) is 0 Å². The molecule has 0 saturated carbocycles. The summed E-state index contributed by atoms with van der Waals surface area (Å²) >= 11 is 0. The normalized spacial score (nSPS) is 17.9. The number of rotatable bonds is 4. The van der Waals surface area contributed by atoms with Crippen LogP contribution >= 0.6 is 12.4 Å². The van der Waals surface area contributed by atoms with E-state index in [0.717, 1.165) is 42.9 Å². The van der Waals surface area contributed by atoms with Gasteiger partial charge in [-0.15, -0.1) is 12.4 Å². The first kappa shape index (κ1) is 19.3. The molecule has 1 fully saturated rings. The number of alkyl halides is 3. The van der Waals surface area contributed by atoms with Gasteiger partial charge in [0.1, 0.15) is 0 Å². The van der Waals surface area contributed by atoms with E-state index < -0.39 is 12.6 Å². The van der Waals surface area contributed by atoms with Crippen molar-refractivity contribution in [2.24, 2.45) is 0 Å². The van der Waals surface area contributed by atoms with Gasteiger partial charge in [-0.05, 0) is 37.0 Å². The third-order valence-corrected chi connectivity index (χ3v) is 4.30. The minimum atomic E-state index is -4.09. The topological polar surface area (TPSA) is 15.3 Å². The van der Waals surface area contributed by atoms with Crippen LogP contribution in [-0.2, 0) is 0 Å². The molecule has 2 nitrogen and oxygen atoms in total. The molecular weight excluding hydrogens is 313 g/mol. The number of piperazine rings is 1. The van der Waals surface area contributed by atoms with Crippen molar-refractivity contribution in [3.63, 3.8) is 0 Å². The van der Waals surface area contributed by atoms with E-state index in [1.807, 2.05) is 32.0 Å². The molecule has 0 bridgehead atoms. The van der Waals surface area contributed by atoms with E-state index in [9.17, 15) is 13.2 Å². The Bertz CT molecular complexity index is 471. The standard InChI is InChI=1S/C16H23F3N2.ClH/c1-12-4-3-5-14(13(12)2)15(6-7-16(17,18)19)21-10-8-20-9-11-21;/h3-5,15,20H,6-11H2,1-2H3;1H/t15-;/m0./s1. The molecule has 6 heteroatoms. The lowest BCUT2D eigenvalue weighted by atomic mass is 9.93. The van der Waals surface area contributed by atoms with Gasteiger partial charge in [0.25, 0.3) is 0 Å². The zero-order valence-electron chi connectivity index (χ0n) is 13.0. The van der Waals surface area contributed by atoms with Crippen molar-refractivity contribution in [1.29, 1.82) is 0 Å². The van der Waals surface area contributed by atoms with Crippen molar-refractivity contribution in [2.45, 2.75) is 38.9 Å². The molecule has 126 valence electrons. The van der Waals surface area contributed by atoms with Gasteiger partial charge < -0.3 is 5.32 Å². The summed E-state index contributed by atoms with van der Waals surface area (Å²) in [7, 11) is 0. The van der Waals surface area contributed by atoms with Crippen LogP contribution in [-0.4, -0.2) is 37.3 Å². The average molecular weight is 337 g/mol. The van der Waals surface area contributed by atoms with Crippen LogP contribution in [0.5, 0.6) is 0 Å². The summed E-state index contributed by atoms with van der Waals surface area (Å²) in [5.74, 6) is 0. The summed E-state index contributed by atoms with van der Waals surface area (Å²) in [4.78, 5) is 2.18. The fourth-order valence-electron chi connectivity index (χ4n) is 2.96. The van der Waals surface area contributed by atoms with E-state index in [1.165, 1.54) is 0 Å². The van der Waals surface area contributed by atoms with Crippen molar-refractivity contribution in [1.82, 2.24) is 10.2 Å². The lowest BCUT2D eigenvalue weighted by Gasteiger charge is -2.36. The molecule has 1 N–H and O–H groups in total. The van der Waals surface area contributed by atoms with Crippen LogP contribution in [0.25, 0.3) is 0 Å². The molecule has 0 aromatic heterocycles. The van der Waals surface area contributed by atoms with Gasteiger partial charge in [0.15, 0.2) is 0 Å². The molecule has 1 atom stereocenters. The second kappa shape index (κ2) is 8.18. The van der Waals surface area contributed by atoms with E-state index in [-0.39, 0.29) is 24.9 Å². The van der Waals surface area contributed by atoms with Crippen molar-refractivity contribution >= 4 is 12.4 Å². The number of hydrogen-bond acceptors (Lipinski definition) is 2. The second-order valence-electron chi connectivity index (χ2n) is 5.74. The van der Waals surface area contributed by atoms with Crippen LogP contribution in [0.4, 0.5) is 13.2 Å². The van der Waals surface area contributed by atoms with Gasteiger partial charge in [-0.2, -0.15) is 13.2 Å². The summed E-state index contributed by atoms with van der Waals surface area (Å²) < 4.78 is 37.9. The maximum atomic E-state index is 12.6. The molecule has 0 radical (unpaired) electrons. The summed E-state index contributed by atoms with van der Waals surface area (Å²) in [5.41, 5.74) is 3.30. The molecule has 0 spiro atoms. The Morgan fingerprint density at radius 3 is 2.41 bits per heavy atom. The number of hydrogen-bond donors (Lipinski definition) is 1. The number of aryl methyl sites for hydroxylation is 1. The largest absolute Gasteiger partial charge is 0.389 e. The summed E-state index contributed by atoms with van der Waals surface area (Å²) in [6.45, 7) is 7.30. The van der Waals surface area contributed by atoms with Crippen LogP contribution in [0, 0.1) is 13.8 Å². The van der Waals surface area contributed by atoms with Gasteiger partial charge in [-0.1, -0.05) is 18.2 Å². The summed E-state index contributed by atoms with van der Waals surface area (Å²) in [6, 6.07) is 5.79. The molecular formula is C16H24ClF3N2. The van der Waals surface area contributed by atoms with Gasteiger partial charge in [-0.3, -0.25) is 4.90 Å². The van der Waals surface area contributed by atoms with Crippen LogP contribution in [0.2, 0.25) is 0 Å². The molecule has 0 unspecified atom stereocenters. The highest BCUT2D eigenvalue weighted by Crippen LogP contribution is 2.33. The Morgan fingerprint density at radius 2 is 1.82 bits per heavy atom. The lowest BCUT2D eigenvalue weighted by Crippen LogP contribution is -2.45. The zero-order chi connectivity index (χ0) is 15.5. The van der Waals surface area contributed by atoms with Gasteiger partial charge in [0.2, 0.25) is 0 Å². The fraction of sp³-hybridized carbons (Fsp3) is 0.625. The van der Waals surface area contributed by atoms with E-state index in [0.29, 0.717) is 0 Å². The Kier molecular flexibility index (Phi) is 7.16. The third kappa shape index (κ3) is 5.14. The van der Waals surface area contributed by atoms with Crippen molar-refractivity contribution in [2.75, 3.05) is 26.2 Å². The van der Waals surface area contributed by atoms with Crippen molar-refractivity contribution < 1.29 is 13.2 Å². The molecule has 2 rings (SSSR count). The first-order chi connectivity index (χ1) is 9.88. The number of nitrogens with one attached hydrogen (secondary N) is 1. The molecule has 1 aromatic carbocycles. The molecule has 1 aliphatic rings. The number of halogens is 4. The second-order valence-corrected chi connectivity index (χ2v) is 5.74. The van der Waals surface area contributed by atoms with Crippen molar-refractivity contribution in [3.05, 3.63) is 34.9 Å². The lowest BCUT2D eigenvalue weighted by molar-refractivity contribution is -0.138. The predicted octanol–water partition coefficient (Wildman–Crippen LogP) is 4.01. The smallest absolute Gasteiger partial charge is 0.314 e. The highest BCUT2D eigenvalue weighted by molar-refractivity contribution is 5.85. The van der Waals surface area contributed by atoms with E-state index in [2.05, 4.69) is 10.2 Å². The average Bonchev–Trinajstić information content (AvgIpc) is 2.43. The highest BCUT2D eigenvalue weighted by Gasteiger charge is 2.31. The van der Waals surface area contributed by atoms with E-state index in [4.69, 9.17) is 0 Å². The van der Waals surface area contributed by atoms with Crippen molar-refractivity contribution in [3.8, 4) is 0 Å². The zero-order valence-corrected chi connectivity index (χ0v) is 13.9. The fourth-order valence-corrected chi connectivity index (χ4v) is 2.96. The predicted molar refractivity (Wildman–Crippen MR) is 85.6 cm³/mol. The molecule has 22 heavy (non-hydrogen) atoms. The molecule has 1 aromatic rings.